The zero-order valence-corrected chi connectivity index (χ0v) is 8.98. The van der Waals surface area contributed by atoms with Gasteiger partial charge >= 0.3 is 11.9 Å². The van der Waals surface area contributed by atoms with E-state index in [2.05, 4.69) is 4.98 Å². The molecule has 6 nitrogen and oxygen atoms in total. The van der Waals surface area contributed by atoms with Crippen LogP contribution in [0, 0.1) is 0 Å². The highest BCUT2D eigenvalue weighted by atomic mass is 32.1. The quantitative estimate of drug-likeness (QED) is 0.644. The van der Waals surface area contributed by atoms with Crippen molar-refractivity contribution in [1.29, 1.82) is 0 Å². The van der Waals surface area contributed by atoms with E-state index in [0.717, 1.165) is 0 Å². The van der Waals surface area contributed by atoms with E-state index >= 15 is 0 Å². The summed E-state index contributed by atoms with van der Waals surface area (Å²) >= 11 is 1.27. The van der Waals surface area contributed by atoms with Crippen molar-refractivity contribution < 1.29 is 19.8 Å². The summed E-state index contributed by atoms with van der Waals surface area (Å²) < 4.78 is 0. The summed E-state index contributed by atoms with van der Waals surface area (Å²) in [5.41, 5.74) is 5.20. The Labute approximate surface area is 95.0 Å². The molecule has 0 radical (unpaired) electrons. The number of hydrogen-bond donors (Lipinski definition) is 3. The monoisotopic (exact) mass is 242 g/mol. The van der Waals surface area contributed by atoms with Gasteiger partial charge in [0.15, 0.2) is 0 Å². The van der Waals surface area contributed by atoms with E-state index in [-0.39, 0.29) is 12.0 Å². The molecule has 0 aliphatic heterocycles. The molecule has 0 bridgehead atoms. The maximum absolute atomic E-state index is 10.8. The van der Waals surface area contributed by atoms with Crippen molar-refractivity contribution in [2.24, 2.45) is 5.73 Å². The standard InChI is InChI=1S/C9H10N2O4S/c10-6(9(14)15)3-5(8(12)13)4-7-11-1-2-16-7/h1-2,4,6H,3,10H2,(H,12,13)(H,14,15)/t6-/m0/s1. The fourth-order valence-electron chi connectivity index (χ4n) is 0.987. The van der Waals surface area contributed by atoms with Crippen LogP contribution < -0.4 is 5.73 Å². The molecule has 0 amide bonds. The van der Waals surface area contributed by atoms with Gasteiger partial charge in [0.2, 0.25) is 0 Å². The molecule has 1 atom stereocenters. The molecule has 86 valence electrons. The molecule has 1 aromatic rings. The minimum Gasteiger partial charge on any atom is -0.480 e. The van der Waals surface area contributed by atoms with E-state index in [1.54, 1.807) is 5.38 Å². The summed E-state index contributed by atoms with van der Waals surface area (Å²) in [4.78, 5) is 25.2. The van der Waals surface area contributed by atoms with Crippen LogP contribution in [0.4, 0.5) is 0 Å². The largest absolute Gasteiger partial charge is 0.480 e. The average molecular weight is 242 g/mol. The lowest BCUT2D eigenvalue weighted by molar-refractivity contribution is -0.138. The van der Waals surface area contributed by atoms with Crippen molar-refractivity contribution in [2.45, 2.75) is 12.5 Å². The molecule has 4 N–H and O–H groups in total. The van der Waals surface area contributed by atoms with Gasteiger partial charge in [0.05, 0.1) is 0 Å². The van der Waals surface area contributed by atoms with Crippen LogP contribution in [0.25, 0.3) is 6.08 Å². The van der Waals surface area contributed by atoms with Gasteiger partial charge in [-0.25, -0.2) is 9.78 Å². The lowest BCUT2D eigenvalue weighted by atomic mass is 10.1. The van der Waals surface area contributed by atoms with Crippen LogP contribution in [-0.2, 0) is 9.59 Å². The Morgan fingerprint density at radius 3 is 2.69 bits per heavy atom. The fourth-order valence-corrected chi connectivity index (χ4v) is 1.58. The number of aliphatic carboxylic acids is 2. The molecule has 1 heterocycles. The molecule has 0 aromatic carbocycles. The second kappa shape index (κ2) is 5.38. The minimum absolute atomic E-state index is 0.0650. The van der Waals surface area contributed by atoms with E-state index in [4.69, 9.17) is 15.9 Å². The Balaban J connectivity index is 2.84. The topological polar surface area (TPSA) is 114 Å². The van der Waals surface area contributed by atoms with Gasteiger partial charge in [-0.1, -0.05) is 0 Å². The van der Waals surface area contributed by atoms with Crippen molar-refractivity contribution in [2.75, 3.05) is 0 Å². The van der Waals surface area contributed by atoms with Crippen molar-refractivity contribution >= 4 is 29.4 Å². The molecule has 0 unspecified atom stereocenters. The molecule has 0 saturated heterocycles. The first-order valence-electron chi connectivity index (χ1n) is 4.32. The molecule has 1 aromatic heterocycles. The predicted molar refractivity (Wildman–Crippen MR) is 58.0 cm³/mol. The van der Waals surface area contributed by atoms with Gasteiger partial charge in [-0.15, -0.1) is 11.3 Å². The smallest absolute Gasteiger partial charge is 0.331 e. The maximum Gasteiger partial charge on any atom is 0.331 e. The molecule has 7 heteroatoms. The van der Waals surface area contributed by atoms with E-state index in [9.17, 15) is 9.59 Å². The molecule has 0 aliphatic rings. The summed E-state index contributed by atoms with van der Waals surface area (Å²) in [5, 5.41) is 19.6. The number of rotatable bonds is 5. The van der Waals surface area contributed by atoms with Crippen LogP contribution in [0.2, 0.25) is 0 Å². The lowest BCUT2D eigenvalue weighted by Gasteiger charge is -2.06. The highest BCUT2D eigenvalue weighted by Crippen LogP contribution is 2.13. The molecule has 1 rings (SSSR count). The molecule has 0 saturated carbocycles. The number of nitrogens with zero attached hydrogens (tertiary/aromatic N) is 1. The number of carboxylic acid groups (broad SMARTS) is 2. The van der Waals surface area contributed by atoms with E-state index in [1.807, 2.05) is 0 Å². The number of carbonyl (C=O) groups is 2. The van der Waals surface area contributed by atoms with Gasteiger partial charge in [0.25, 0.3) is 0 Å². The minimum atomic E-state index is -1.23. The Kier molecular flexibility index (Phi) is 4.15. The number of aromatic nitrogens is 1. The first kappa shape index (κ1) is 12.3. The van der Waals surface area contributed by atoms with Gasteiger partial charge in [-0.2, -0.15) is 0 Å². The summed E-state index contributed by atoms with van der Waals surface area (Å²) in [6, 6.07) is -1.22. The molecule has 16 heavy (non-hydrogen) atoms. The Hall–Kier alpha value is -1.73. The summed E-state index contributed by atoms with van der Waals surface area (Å²) in [7, 11) is 0. The van der Waals surface area contributed by atoms with Crippen molar-refractivity contribution in [3.63, 3.8) is 0 Å². The van der Waals surface area contributed by atoms with Crippen LogP contribution in [0.1, 0.15) is 11.4 Å². The zero-order chi connectivity index (χ0) is 12.1. The van der Waals surface area contributed by atoms with Crippen molar-refractivity contribution in [3.05, 3.63) is 22.2 Å². The third-order valence-corrected chi connectivity index (χ3v) is 2.50. The van der Waals surface area contributed by atoms with Crippen molar-refractivity contribution in [3.8, 4) is 0 Å². The third kappa shape index (κ3) is 3.44. The van der Waals surface area contributed by atoms with E-state index < -0.39 is 18.0 Å². The predicted octanol–water partition coefficient (Wildman–Crippen LogP) is 0.413. The van der Waals surface area contributed by atoms with Crippen LogP contribution in [0.5, 0.6) is 0 Å². The average Bonchev–Trinajstić information content (AvgIpc) is 2.68. The summed E-state index contributed by atoms with van der Waals surface area (Å²) in [5.74, 6) is -2.42. The Morgan fingerprint density at radius 2 is 2.25 bits per heavy atom. The third-order valence-electron chi connectivity index (χ3n) is 1.78. The second-order valence-corrected chi connectivity index (χ2v) is 3.92. The van der Waals surface area contributed by atoms with E-state index in [1.165, 1.54) is 23.6 Å². The number of nitrogens with two attached hydrogens (primary N) is 1. The van der Waals surface area contributed by atoms with Gasteiger partial charge in [0, 0.05) is 23.6 Å². The second-order valence-electron chi connectivity index (χ2n) is 2.99. The molecule has 0 spiro atoms. The number of hydrogen-bond acceptors (Lipinski definition) is 5. The molecular weight excluding hydrogens is 232 g/mol. The zero-order valence-electron chi connectivity index (χ0n) is 8.16. The fraction of sp³-hybridized carbons (Fsp3) is 0.222. The first-order valence-corrected chi connectivity index (χ1v) is 5.20. The number of thiazole rings is 1. The van der Waals surface area contributed by atoms with Crippen LogP contribution in [0.15, 0.2) is 17.2 Å². The van der Waals surface area contributed by atoms with E-state index in [0.29, 0.717) is 5.01 Å². The summed E-state index contributed by atoms with van der Waals surface area (Å²) in [6.45, 7) is 0. The molecular formula is C9H10N2O4S. The van der Waals surface area contributed by atoms with Gasteiger partial charge in [-0.3, -0.25) is 4.79 Å². The van der Waals surface area contributed by atoms with Gasteiger partial charge in [0.1, 0.15) is 11.0 Å². The van der Waals surface area contributed by atoms with Crippen LogP contribution >= 0.6 is 11.3 Å². The number of carboxylic acids is 2. The molecule has 0 aliphatic carbocycles. The first-order chi connectivity index (χ1) is 7.50. The van der Waals surface area contributed by atoms with Gasteiger partial charge < -0.3 is 15.9 Å². The lowest BCUT2D eigenvalue weighted by Crippen LogP contribution is -2.31. The summed E-state index contributed by atoms with van der Waals surface area (Å²) in [6.07, 6.45) is 2.63. The normalized spacial score (nSPS) is 13.4. The SMILES string of the molecule is N[C@@H](CC(=Cc1nccs1)C(=O)O)C(=O)O. The van der Waals surface area contributed by atoms with Gasteiger partial charge in [-0.05, 0) is 6.08 Å². The Morgan fingerprint density at radius 1 is 1.56 bits per heavy atom. The van der Waals surface area contributed by atoms with Crippen molar-refractivity contribution in [1.82, 2.24) is 4.98 Å². The highest BCUT2D eigenvalue weighted by Gasteiger charge is 2.18. The molecule has 0 fully saturated rings. The highest BCUT2D eigenvalue weighted by molar-refractivity contribution is 7.10. The maximum atomic E-state index is 10.8. The van der Waals surface area contributed by atoms with Crippen LogP contribution in [0.3, 0.4) is 0 Å². The Bertz CT molecular complexity index is 413. The van der Waals surface area contributed by atoms with Crippen LogP contribution in [-0.4, -0.2) is 33.2 Å².